The summed E-state index contributed by atoms with van der Waals surface area (Å²) in [5.41, 5.74) is 7.69. The molecule has 4 heterocycles. The minimum absolute atomic E-state index is 0.0488. The summed E-state index contributed by atoms with van der Waals surface area (Å²) in [6.07, 6.45) is 9.48. The molecule has 57 heavy (non-hydrogen) atoms. The molecule has 0 aliphatic carbocycles. The molecule has 1 N–H and O–H groups in total. The average Bonchev–Trinajstić information content (AvgIpc) is 3.89. The number of aliphatic imine (C=N–C) groups is 1. The smallest absolute Gasteiger partial charge is 0.257 e. The highest BCUT2D eigenvalue weighted by atomic mass is 33.1. The van der Waals surface area contributed by atoms with Gasteiger partial charge in [-0.15, -0.1) is 0 Å². The van der Waals surface area contributed by atoms with Crippen LogP contribution in [0.2, 0.25) is 0 Å². The van der Waals surface area contributed by atoms with Gasteiger partial charge < -0.3 is 34.1 Å². The number of nitrogens with zero attached hydrogens (tertiary/aromatic N) is 4. The van der Waals surface area contributed by atoms with E-state index >= 15 is 0 Å². The van der Waals surface area contributed by atoms with E-state index in [2.05, 4.69) is 40.7 Å². The van der Waals surface area contributed by atoms with Gasteiger partial charge in [0.25, 0.3) is 11.8 Å². The molecule has 2 saturated heterocycles. The zero-order valence-electron chi connectivity index (χ0n) is 32.9. The third-order valence-corrected chi connectivity index (χ3v) is 12.5. The van der Waals surface area contributed by atoms with E-state index in [-0.39, 0.29) is 31.1 Å². The molecular formula is C44H47N5O6S2. The highest BCUT2D eigenvalue weighted by Crippen LogP contribution is 2.40. The first-order valence-corrected chi connectivity index (χ1v) is 21.2. The van der Waals surface area contributed by atoms with E-state index < -0.39 is 0 Å². The fraction of sp³-hybridized carbons (Fsp3) is 0.318. The summed E-state index contributed by atoms with van der Waals surface area (Å²) in [7, 11) is 8.27. The molecule has 0 bridgehead atoms. The van der Waals surface area contributed by atoms with E-state index in [1.54, 1.807) is 67.3 Å². The number of carbonyl (C=O) groups excluding carboxylic acids is 2. The largest absolute Gasteiger partial charge is 0.493 e. The fourth-order valence-corrected chi connectivity index (χ4v) is 9.17. The van der Waals surface area contributed by atoms with Gasteiger partial charge in [-0.2, -0.15) is 0 Å². The number of anilines is 1. The quantitative estimate of drug-likeness (QED) is 0.0979. The van der Waals surface area contributed by atoms with Crippen molar-refractivity contribution in [1.29, 1.82) is 0 Å². The first-order chi connectivity index (χ1) is 27.8. The number of aromatic nitrogens is 1. The molecule has 296 valence electrons. The molecule has 11 nitrogen and oxygen atoms in total. The summed E-state index contributed by atoms with van der Waals surface area (Å²) >= 11 is 0. The first-order valence-electron chi connectivity index (χ1n) is 18.9. The summed E-state index contributed by atoms with van der Waals surface area (Å²) in [5.74, 6) is 2.55. The SMILES string of the molecule is C/C=C1\CCN(C(=O)c2cc(OC)c(OCc3cc(COc4cc5c(cc4OC)C(=O)N4C/C(=C/C)CC4C=N5)cc(CSSc4ccccn4)c3)cc2NC)C1. The number of fused-ring (bicyclic) bond motifs is 2. The summed E-state index contributed by atoms with van der Waals surface area (Å²) < 4.78 is 24.3. The Labute approximate surface area is 341 Å². The lowest BCUT2D eigenvalue weighted by atomic mass is 10.1. The number of likely N-dealkylation sites (tertiary alicyclic amines) is 1. The number of hydrogen-bond donors (Lipinski definition) is 1. The Morgan fingerprint density at radius 3 is 2.28 bits per heavy atom. The number of carbonyl (C=O) groups is 2. The molecule has 13 heteroatoms. The predicted octanol–water partition coefficient (Wildman–Crippen LogP) is 8.91. The lowest BCUT2D eigenvalue weighted by Gasteiger charge is -2.20. The lowest BCUT2D eigenvalue weighted by Crippen LogP contribution is -2.35. The molecule has 4 aromatic rings. The van der Waals surface area contributed by atoms with Crippen LogP contribution in [-0.2, 0) is 19.0 Å². The standard InChI is InChI=1S/C44H47N5O6S2/c1-6-28-11-13-48(23-28)43(50)34-18-38(52-4)40(20-36(34)45-3)54-25-30-14-31(16-32(15-30)27-56-57-42-10-8-9-12-46-42)26-55-41-21-37-35(19-39(41)53-5)44(51)49-24-29(7-2)17-33(49)22-47-37/h6-10,12,14-16,18-22,33,45H,11,13,17,23-27H2,1-5H3/b28-6+,29-7+. The number of rotatable bonds is 14. The van der Waals surface area contributed by atoms with E-state index in [0.717, 1.165) is 34.6 Å². The van der Waals surface area contributed by atoms with Gasteiger partial charge in [-0.1, -0.05) is 52.3 Å². The van der Waals surface area contributed by atoms with Crippen LogP contribution in [0.4, 0.5) is 11.4 Å². The maximum Gasteiger partial charge on any atom is 0.257 e. The second kappa shape index (κ2) is 18.2. The topological polar surface area (TPSA) is 115 Å². The molecule has 1 aromatic heterocycles. The van der Waals surface area contributed by atoms with Crippen LogP contribution in [0.25, 0.3) is 0 Å². The third kappa shape index (κ3) is 9.10. The van der Waals surface area contributed by atoms with Crippen LogP contribution in [-0.4, -0.2) is 79.8 Å². The Kier molecular flexibility index (Phi) is 12.7. The van der Waals surface area contributed by atoms with Crippen molar-refractivity contribution in [3.63, 3.8) is 0 Å². The Bertz CT molecular complexity index is 2230. The molecule has 3 aliphatic rings. The molecule has 0 saturated carbocycles. The van der Waals surface area contributed by atoms with Gasteiger partial charge in [-0.3, -0.25) is 14.6 Å². The van der Waals surface area contributed by atoms with Crippen LogP contribution in [0.1, 0.15) is 64.1 Å². The number of hydrogen-bond acceptors (Lipinski definition) is 11. The van der Waals surface area contributed by atoms with Gasteiger partial charge in [-0.05, 0) is 84.5 Å². The van der Waals surface area contributed by atoms with Crippen LogP contribution < -0.4 is 24.3 Å². The van der Waals surface area contributed by atoms with Gasteiger partial charge in [-0.25, -0.2) is 4.98 Å². The first kappa shape index (κ1) is 39.8. The van der Waals surface area contributed by atoms with Gasteiger partial charge >= 0.3 is 0 Å². The number of methoxy groups -OCH3 is 2. The maximum absolute atomic E-state index is 13.6. The number of allylic oxidation sites excluding steroid dienone is 2. The minimum atomic E-state index is -0.0737. The average molecular weight is 806 g/mol. The summed E-state index contributed by atoms with van der Waals surface area (Å²) in [6.45, 7) is 6.41. The molecule has 3 aromatic carbocycles. The van der Waals surface area contributed by atoms with Gasteiger partial charge in [0, 0.05) is 57.0 Å². The monoisotopic (exact) mass is 805 g/mol. The lowest BCUT2D eigenvalue weighted by molar-refractivity contribution is 0.0774. The maximum atomic E-state index is 13.6. The van der Waals surface area contributed by atoms with E-state index in [9.17, 15) is 9.59 Å². The fourth-order valence-electron chi connectivity index (χ4n) is 7.21. The molecule has 1 unspecified atom stereocenters. The molecule has 3 aliphatic heterocycles. The predicted molar refractivity (Wildman–Crippen MR) is 228 cm³/mol. The number of benzene rings is 3. The van der Waals surface area contributed by atoms with Gasteiger partial charge in [0.1, 0.15) is 18.2 Å². The number of amides is 2. The van der Waals surface area contributed by atoms with Crippen LogP contribution in [0.3, 0.4) is 0 Å². The van der Waals surface area contributed by atoms with Gasteiger partial charge in [0.2, 0.25) is 0 Å². The van der Waals surface area contributed by atoms with Crippen LogP contribution in [0.5, 0.6) is 23.0 Å². The Morgan fingerprint density at radius 1 is 0.895 bits per heavy atom. The van der Waals surface area contributed by atoms with Crippen molar-refractivity contribution in [3.8, 4) is 23.0 Å². The third-order valence-electron chi connectivity index (χ3n) is 10.3. The minimum Gasteiger partial charge on any atom is -0.493 e. The van der Waals surface area contributed by atoms with Crippen molar-refractivity contribution in [2.24, 2.45) is 4.99 Å². The molecule has 0 spiro atoms. The van der Waals surface area contributed by atoms with E-state index in [4.69, 9.17) is 23.9 Å². The molecule has 2 amide bonds. The number of nitrogens with one attached hydrogen (secondary N) is 1. The summed E-state index contributed by atoms with van der Waals surface area (Å²) in [5, 5.41) is 4.12. The van der Waals surface area contributed by atoms with Gasteiger partial charge in [0.15, 0.2) is 23.0 Å². The zero-order chi connectivity index (χ0) is 39.9. The molecule has 0 radical (unpaired) electrons. The highest BCUT2D eigenvalue weighted by Gasteiger charge is 2.34. The zero-order valence-corrected chi connectivity index (χ0v) is 34.5. The van der Waals surface area contributed by atoms with E-state index in [1.165, 1.54) is 11.1 Å². The number of pyridine rings is 1. The van der Waals surface area contributed by atoms with Crippen LogP contribution >= 0.6 is 21.6 Å². The van der Waals surface area contributed by atoms with E-state index in [0.29, 0.717) is 70.9 Å². The van der Waals surface area contributed by atoms with Gasteiger partial charge in [0.05, 0.1) is 42.8 Å². The van der Waals surface area contributed by atoms with Crippen LogP contribution in [0, 0.1) is 0 Å². The Hall–Kier alpha value is -5.40. The van der Waals surface area contributed by atoms with Crippen molar-refractivity contribution in [1.82, 2.24) is 14.8 Å². The normalized spacial score (nSPS) is 17.4. The second-order valence-corrected chi connectivity index (χ2v) is 16.2. The van der Waals surface area contributed by atoms with Crippen molar-refractivity contribution < 1.29 is 28.5 Å². The van der Waals surface area contributed by atoms with Crippen molar-refractivity contribution in [3.05, 3.63) is 118 Å². The molecule has 7 rings (SSSR count). The summed E-state index contributed by atoms with van der Waals surface area (Å²) in [6, 6.07) is 19.2. The Morgan fingerprint density at radius 2 is 1.61 bits per heavy atom. The Balaban J connectivity index is 1.12. The molecular weight excluding hydrogens is 759 g/mol. The molecule has 2 fully saturated rings. The number of ether oxygens (including phenoxy) is 4. The second-order valence-electron chi connectivity index (χ2n) is 13.9. The highest BCUT2D eigenvalue weighted by molar-refractivity contribution is 8.76. The van der Waals surface area contributed by atoms with Crippen molar-refractivity contribution in [2.45, 2.75) is 56.7 Å². The van der Waals surface area contributed by atoms with Crippen LogP contribution in [0.15, 0.2) is 100 Å². The van der Waals surface area contributed by atoms with Crippen molar-refractivity contribution >= 4 is 51.0 Å². The van der Waals surface area contributed by atoms with E-state index in [1.807, 2.05) is 54.1 Å². The van der Waals surface area contributed by atoms with Crippen molar-refractivity contribution in [2.75, 3.05) is 46.2 Å². The molecule has 1 atom stereocenters. The summed E-state index contributed by atoms with van der Waals surface area (Å²) in [4.78, 5) is 40.1.